The van der Waals surface area contributed by atoms with E-state index in [0.717, 1.165) is 33.6 Å². The molecular weight excluding hydrogens is 480 g/mol. The van der Waals surface area contributed by atoms with Crippen molar-refractivity contribution in [2.24, 2.45) is 0 Å². The maximum atomic E-state index is 13.1. The molecule has 0 saturated carbocycles. The topological polar surface area (TPSA) is 99.5 Å². The van der Waals surface area contributed by atoms with Crippen LogP contribution in [0.3, 0.4) is 0 Å². The molecule has 0 spiro atoms. The molecule has 1 aliphatic rings. The monoisotopic (exact) mass is 507 g/mol. The predicted molar refractivity (Wildman–Crippen MR) is 142 cm³/mol. The largest absolute Gasteiger partial charge is 0.550 e. The average Bonchev–Trinajstić information content (AvgIpc) is 3.58. The van der Waals surface area contributed by atoms with Crippen LogP contribution in [0.4, 0.5) is 0 Å². The highest BCUT2D eigenvalue weighted by molar-refractivity contribution is 5.85. The molecule has 8 heteroatoms. The zero-order valence-electron chi connectivity index (χ0n) is 21.1. The SMILES string of the molecule is COc1ccc([C@H]2C=C(c3cn(-c4ccccc4)nc3-c3ccc(C)cc3)NN2C(=O)CCC(=O)[O-])cc1. The number of nitrogens with zero attached hydrogens (tertiary/aromatic N) is 3. The number of carboxylic acids is 1. The Bertz CT molecular complexity index is 1480. The normalized spacial score (nSPS) is 14.6. The lowest BCUT2D eigenvalue weighted by Gasteiger charge is -2.26. The molecule has 0 fully saturated rings. The van der Waals surface area contributed by atoms with E-state index in [1.54, 1.807) is 7.11 Å². The van der Waals surface area contributed by atoms with Crippen molar-refractivity contribution in [3.8, 4) is 22.7 Å². The van der Waals surface area contributed by atoms with Gasteiger partial charge in [-0.2, -0.15) is 5.10 Å². The smallest absolute Gasteiger partial charge is 0.242 e. The number of carbonyl (C=O) groups excluding carboxylic acids is 2. The van der Waals surface area contributed by atoms with Crippen LogP contribution >= 0.6 is 0 Å². The standard InChI is InChI=1S/C30H28N4O4/c1-20-8-10-22(11-9-20)30-25(19-33(32-30)23-6-4-3-5-7-23)26-18-27(21-12-14-24(38-2)15-13-21)34(31-26)28(35)16-17-29(36)37/h3-15,18-19,27,31H,16-17H2,1-2H3,(H,36,37)/p-1/t27-/m1/s1. The number of amides is 1. The van der Waals surface area contributed by atoms with Gasteiger partial charge in [0.1, 0.15) is 11.4 Å². The van der Waals surface area contributed by atoms with Gasteiger partial charge in [0.2, 0.25) is 5.91 Å². The van der Waals surface area contributed by atoms with E-state index in [2.05, 4.69) is 5.43 Å². The molecule has 0 unspecified atom stereocenters. The van der Waals surface area contributed by atoms with Gasteiger partial charge < -0.3 is 14.6 Å². The summed E-state index contributed by atoms with van der Waals surface area (Å²) < 4.78 is 7.10. The van der Waals surface area contributed by atoms with Crippen molar-refractivity contribution >= 4 is 17.6 Å². The van der Waals surface area contributed by atoms with Gasteiger partial charge in [0.25, 0.3) is 0 Å². The summed E-state index contributed by atoms with van der Waals surface area (Å²) in [4.78, 5) is 24.2. The summed E-state index contributed by atoms with van der Waals surface area (Å²) >= 11 is 0. The number of benzene rings is 3. The Kier molecular flexibility index (Phi) is 6.95. The second-order valence-corrected chi connectivity index (χ2v) is 9.08. The first-order valence-electron chi connectivity index (χ1n) is 12.3. The zero-order chi connectivity index (χ0) is 26.6. The van der Waals surface area contributed by atoms with E-state index < -0.39 is 12.0 Å². The van der Waals surface area contributed by atoms with Crippen LogP contribution in [-0.4, -0.2) is 33.8 Å². The zero-order valence-corrected chi connectivity index (χ0v) is 21.1. The molecule has 0 bridgehead atoms. The fourth-order valence-corrected chi connectivity index (χ4v) is 4.42. The quantitative estimate of drug-likeness (QED) is 0.389. The number of carboxylic acid groups (broad SMARTS) is 1. The summed E-state index contributed by atoms with van der Waals surface area (Å²) in [6.45, 7) is 2.03. The molecule has 0 radical (unpaired) electrons. The Morgan fingerprint density at radius 3 is 2.34 bits per heavy atom. The van der Waals surface area contributed by atoms with Crippen LogP contribution in [0, 0.1) is 6.92 Å². The molecule has 4 aromatic rings. The first kappa shape index (κ1) is 24.8. The van der Waals surface area contributed by atoms with Gasteiger partial charge in [0.15, 0.2) is 0 Å². The van der Waals surface area contributed by atoms with Crippen LogP contribution in [-0.2, 0) is 9.59 Å². The molecule has 1 aliphatic heterocycles. The summed E-state index contributed by atoms with van der Waals surface area (Å²) in [6.07, 6.45) is 3.35. The van der Waals surface area contributed by atoms with Crippen LogP contribution in [0.2, 0.25) is 0 Å². The Labute approximate surface area is 220 Å². The summed E-state index contributed by atoms with van der Waals surface area (Å²) in [5.41, 5.74) is 9.33. The molecule has 192 valence electrons. The third-order valence-corrected chi connectivity index (χ3v) is 6.46. The second kappa shape index (κ2) is 10.6. The highest BCUT2D eigenvalue weighted by Gasteiger charge is 2.32. The molecular formula is C30H27N4O4-. The molecule has 38 heavy (non-hydrogen) atoms. The van der Waals surface area contributed by atoms with Gasteiger partial charge in [-0.05, 0) is 49.2 Å². The molecule has 5 rings (SSSR count). The van der Waals surface area contributed by atoms with Gasteiger partial charge in [0.05, 0.1) is 24.5 Å². The fraction of sp³-hybridized carbons (Fsp3) is 0.167. The third kappa shape index (κ3) is 5.15. The summed E-state index contributed by atoms with van der Waals surface area (Å²) in [5, 5.41) is 17.4. The Hall–Kier alpha value is -4.85. The minimum atomic E-state index is -1.27. The van der Waals surface area contributed by atoms with Crippen LogP contribution in [0.25, 0.3) is 22.6 Å². The number of hydrazine groups is 1. The maximum absolute atomic E-state index is 13.1. The summed E-state index contributed by atoms with van der Waals surface area (Å²) in [7, 11) is 1.59. The van der Waals surface area contributed by atoms with Gasteiger partial charge in [-0.3, -0.25) is 10.2 Å². The van der Waals surface area contributed by atoms with Crippen molar-refractivity contribution in [3.63, 3.8) is 0 Å². The van der Waals surface area contributed by atoms with Crippen LogP contribution in [0.5, 0.6) is 5.75 Å². The Morgan fingerprint density at radius 2 is 1.68 bits per heavy atom. The molecule has 1 atom stereocenters. The van der Waals surface area contributed by atoms with E-state index in [0.29, 0.717) is 11.4 Å². The van der Waals surface area contributed by atoms with Gasteiger partial charge in [-0.1, -0.05) is 60.2 Å². The van der Waals surface area contributed by atoms with Gasteiger partial charge >= 0.3 is 0 Å². The Morgan fingerprint density at radius 1 is 0.974 bits per heavy atom. The molecule has 1 aromatic heterocycles. The predicted octanol–water partition coefficient (Wildman–Crippen LogP) is 3.82. The lowest BCUT2D eigenvalue weighted by molar-refractivity contribution is -0.305. The number of aliphatic carboxylic acids is 1. The molecule has 2 heterocycles. The molecule has 1 amide bonds. The average molecular weight is 508 g/mol. The first-order valence-corrected chi connectivity index (χ1v) is 12.3. The fourth-order valence-electron chi connectivity index (χ4n) is 4.42. The van der Waals surface area contributed by atoms with E-state index in [4.69, 9.17) is 9.84 Å². The van der Waals surface area contributed by atoms with E-state index in [-0.39, 0.29) is 18.7 Å². The van der Waals surface area contributed by atoms with E-state index in [1.165, 1.54) is 5.01 Å². The molecule has 0 saturated heterocycles. The van der Waals surface area contributed by atoms with Crippen LogP contribution < -0.4 is 15.3 Å². The second-order valence-electron chi connectivity index (χ2n) is 9.08. The van der Waals surface area contributed by atoms with Crippen molar-refractivity contribution in [1.82, 2.24) is 20.2 Å². The number of aryl methyl sites for hydroxylation is 1. The maximum Gasteiger partial charge on any atom is 0.242 e. The molecule has 0 aliphatic carbocycles. The van der Waals surface area contributed by atoms with Crippen molar-refractivity contribution in [1.29, 1.82) is 0 Å². The van der Waals surface area contributed by atoms with Crippen molar-refractivity contribution in [2.75, 3.05) is 7.11 Å². The van der Waals surface area contributed by atoms with Crippen LogP contribution in [0.15, 0.2) is 91.1 Å². The van der Waals surface area contributed by atoms with Gasteiger partial charge in [-0.15, -0.1) is 0 Å². The number of hydrogen-bond donors (Lipinski definition) is 1. The van der Waals surface area contributed by atoms with Crippen molar-refractivity contribution in [2.45, 2.75) is 25.8 Å². The summed E-state index contributed by atoms with van der Waals surface area (Å²) in [6, 6.07) is 24.9. The first-order chi connectivity index (χ1) is 18.4. The lowest BCUT2D eigenvalue weighted by atomic mass is 10.0. The Balaban J connectivity index is 1.58. The number of hydrogen-bond acceptors (Lipinski definition) is 6. The molecule has 3 aromatic carbocycles. The third-order valence-electron chi connectivity index (χ3n) is 6.46. The van der Waals surface area contributed by atoms with Gasteiger partial charge in [-0.25, -0.2) is 9.69 Å². The number of carbonyl (C=O) groups is 2. The van der Waals surface area contributed by atoms with Crippen molar-refractivity contribution in [3.05, 3.63) is 108 Å². The number of rotatable bonds is 8. The van der Waals surface area contributed by atoms with E-state index >= 15 is 0 Å². The number of para-hydroxylation sites is 1. The number of methoxy groups -OCH3 is 1. The molecule has 1 N–H and O–H groups in total. The number of ether oxygens (including phenoxy) is 1. The van der Waals surface area contributed by atoms with Gasteiger partial charge in [0, 0.05) is 29.7 Å². The van der Waals surface area contributed by atoms with E-state index in [1.807, 2.05) is 103 Å². The van der Waals surface area contributed by atoms with Crippen LogP contribution in [0.1, 0.15) is 35.6 Å². The molecule has 8 nitrogen and oxygen atoms in total. The highest BCUT2D eigenvalue weighted by Crippen LogP contribution is 2.36. The van der Waals surface area contributed by atoms with Crippen molar-refractivity contribution < 1.29 is 19.4 Å². The summed E-state index contributed by atoms with van der Waals surface area (Å²) in [5.74, 6) is -0.921. The van der Waals surface area contributed by atoms with E-state index in [9.17, 15) is 14.7 Å². The highest BCUT2D eigenvalue weighted by atomic mass is 16.5. The minimum absolute atomic E-state index is 0.183. The minimum Gasteiger partial charge on any atom is -0.550 e. The number of aromatic nitrogens is 2. The lowest BCUT2D eigenvalue weighted by Crippen LogP contribution is -2.40. The number of nitrogens with one attached hydrogen (secondary N) is 1.